The standard InChI is InChI=1S/C15H20N2O4/c1-10(2)8-9-16-13(18)14(19)17-12-7-5-4-6-11(12)15(20)21-3/h4-7,10H,8-9H2,1-3H3,(H,16,18)(H,17,19). The van der Waals surface area contributed by atoms with Crippen LogP contribution in [0, 0.1) is 5.92 Å². The van der Waals surface area contributed by atoms with Gasteiger partial charge < -0.3 is 15.4 Å². The number of anilines is 1. The number of ether oxygens (including phenoxy) is 1. The number of hydrogen-bond acceptors (Lipinski definition) is 4. The largest absolute Gasteiger partial charge is 0.465 e. The van der Waals surface area contributed by atoms with Gasteiger partial charge in [0.2, 0.25) is 0 Å². The molecule has 0 saturated carbocycles. The van der Waals surface area contributed by atoms with Gasteiger partial charge in [-0.3, -0.25) is 9.59 Å². The number of carbonyl (C=O) groups excluding carboxylic acids is 3. The second kappa shape index (κ2) is 8.04. The molecular weight excluding hydrogens is 272 g/mol. The maximum atomic E-state index is 11.8. The van der Waals surface area contributed by atoms with E-state index in [0.29, 0.717) is 12.5 Å². The van der Waals surface area contributed by atoms with Crippen LogP contribution in [0.4, 0.5) is 5.69 Å². The van der Waals surface area contributed by atoms with E-state index in [1.54, 1.807) is 12.1 Å². The molecule has 2 amide bonds. The van der Waals surface area contributed by atoms with Crippen molar-refractivity contribution in [3.05, 3.63) is 29.8 Å². The van der Waals surface area contributed by atoms with Crippen molar-refractivity contribution in [1.82, 2.24) is 5.32 Å². The van der Waals surface area contributed by atoms with Gasteiger partial charge in [0.15, 0.2) is 0 Å². The van der Waals surface area contributed by atoms with E-state index in [1.807, 2.05) is 13.8 Å². The summed E-state index contributed by atoms with van der Waals surface area (Å²) in [5.41, 5.74) is 0.441. The third kappa shape index (κ3) is 5.25. The maximum Gasteiger partial charge on any atom is 0.339 e. The van der Waals surface area contributed by atoms with Crippen LogP contribution in [0.1, 0.15) is 30.6 Å². The van der Waals surface area contributed by atoms with Gasteiger partial charge in [0.05, 0.1) is 18.4 Å². The van der Waals surface area contributed by atoms with Crippen LogP contribution in [0.2, 0.25) is 0 Å². The van der Waals surface area contributed by atoms with E-state index >= 15 is 0 Å². The quantitative estimate of drug-likeness (QED) is 0.637. The van der Waals surface area contributed by atoms with Crippen LogP contribution in [0.5, 0.6) is 0 Å². The minimum absolute atomic E-state index is 0.198. The average molecular weight is 292 g/mol. The molecule has 1 rings (SSSR count). The fraction of sp³-hybridized carbons (Fsp3) is 0.400. The minimum atomic E-state index is -0.810. The minimum Gasteiger partial charge on any atom is -0.465 e. The van der Waals surface area contributed by atoms with Gasteiger partial charge in [-0.15, -0.1) is 0 Å². The van der Waals surface area contributed by atoms with Gasteiger partial charge in [0.25, 0.3) is 0 Å². The lowest BCUT2D eigenvalue weighted by molar-refractivity contribution is -0.136. The lowest BCUT2D eigenvalue weighted by Crippen LogP contribution is -2.36. The van der Waals surface area contributed by atoms with Gasteiger partial charge in [-0.05, 0) is 24.5 Å². The van der Waals surface area contributed by atoms with Crippen molar-refractivity contribution in [1.29, 1.82) is 0 Å². The summed E-state index contributed by atoms with van der Waals surface area (Å²) in [5, 5.41) is 4.94. The number of rotatable bonds is 5. The molecule has 0 unspecified atom stereocenters. The summed E-state index contributed by atoms with van der Waals surface area (Å²) < 4.78 is 4.62. The van der Waals surface area contributed by atoms with E-state index in [0.717, 1.165) is 6.42 Å². The topological polar surface area (TPSA) is 84.5 Å². The third-order valence-corrected chi connectivity index (χ3v) is 2.79. The molecule has 0 saturated heterocycles. The zero-order valence-electron chi connectivity index (χ0n) is 12.4. The summed E-state index contributed by atoms with van der Waals surface area (Å²) in [7, 11) is 1.25. The highest BCUT2D eigenvalue weighted by Crippen LogP contribution is 2.15. The van der Waals surface area contributed by atoms with Crippen molar-refractivity contribution in [2.75, 3.05) is 19.0 Å². The van der Waals surface area contributed by atoms with Gasteiger partial charge in [-0.25, -0.2) is 4.79 Å². The fourth-order valence-electron chi connectivity index (χ4n) is 1.61. The molecule has 1 aromatic carbocycles. The summed E-state index contributed by atoms with van der Waals surface area (Å²) in [5.74, 6) is -1.68. The van der Waals surface area contributed by atoms with Crippen molar-refractivity contribution in [2.24, 2.45) is 5.92 Å². The van der Waals surface area contributed by atoms with E-state index in [9.17, 15) is 14.4 Å². The monoisotopic (exact) mass is 292 g/mol. The molecule has 6 nitrogen and oxygen atoms in total. The van der Waals surface area contributed by atoms with Gasteiger partial charge in [0.1, 0.15) is 0 Å². The molecule has 0 radical (unpaired) electrons. The van der Waals surface area contributed by atoms with E-state index < -0.39 is 17.8 Å². The SMILES string of the molecule is COC(=O)c1ccccc1NC(=O)C(=O)NCCC(C)C. The first-order chi connectivity index (χ1) is 9.95. The van der Waals surface area contributed by atoms with Crippen molar-refractivity contribution in [2.45, 2.75) is 20.3 Å². The first-order valence-corrected chi connectivity index (χ1v) is 6.72. The van der Waals surface area contributed by atoms with Gasteiger partial charge in [0, 0.05) is 6.54 Å². The predicted octanol–water partition coefficient (Wildman–Crippen LogP) is 1.57. The molecule has 114 valence electrons. The molecule has 0 aliphatic carbocycles. The number of carbonyl (C=O) groups is 3. The molecule has 0 aromatic heterocycles. The molecule has 1 aromatic rings. The highest BCUT2D eigenvalue weighted by molar-refractivity contribution is 6.40. The number of hydrogen-bond donors (Lipinski definition) is 2. The second-order valence-corrected chi connectivity index (χ2v) is 4.93. The third-order valence-electron chi connectivity index (χ3n) is 2.79. The van der Waals surface area contributed by atoms with Crippen LogP contribution < -0.4 is 10.6 Å². The highest BCUT2D eigenvalue weighted by Gasteiger charge is 2.17. The Morgan fingerprint density at radius 1 is 1.14 bits per heavy atom. The number of para-hydroxylation sites is 1. The number of amides is 2. The molecule has 0 aliphatic heterocycles. The molecular formula is C15H20N2O4. The first-order valence-electron chi connectivity index (χ1n) is 6.72. The van der Waals surface area contributed by atoms with Crippen LogP contribution in [0.15, 0.2) is 24.3 Å². The van der Waals surface area contributed by atoms with Crippen molar-refractivity contribution < 1.29 is 19.1 Å². The normalized spacial score (nSPS) is 10.1. The fourth-order valence-corrected chi connectivity index (χ4v) is 1.61. The summed E-state index contributed by atoms with van der Waals surface area (Å²) in [6.45, 7) is 4.49. The molecule has 2 N–H and O–H groups in total. The first kappa shape index (κ1) is 16.7. The van der Waals surface area contributed by atoms with E-state index in [-0.39, 0.29) is 11.3 Å². The lowest BCUT2D eigenvalue weighted by atomic mass is 10.1. The molecule has 6 heteroatoms. The molecule has 0 bridgehead atoms. The van der Waals surface area contributed by atoms with E-state index in [4.69, 9.17) is 0 Å². The maximum absolute atomic E-state index is 11.8. The predicted molar refractivity (Wildman–Crippen MR) is 78.9 cm³/mol. The van der Waals surface area contributed by atoms with E-state index in [2.05, 4.69) is 15.4 Å². The molecule has 0 aliphatic rings. The molecule has 0 heterocycles. The Labute approximate surface area is 123 Å². The Morgan fingerprint density at radius 2 is 1.81 bits per heavy atom. The Hall–Kier alpha value is -2.37. The van der Waals surface area contributed by atoms with Gasteiger partial charge in [-0.1, -0.05) is 26.0 Å². The summed E-state index contributed by atoms with van der Waals surface area (Å²) in [6, 6.07) is 6.34. The second-order valence-electron chi connectivity index (χ2n) is 4.93. The van der Waals surface area contributed by atoms with E-state index in [1.165, 1.54) is 19.2 Å². The summed E-state index contributed by atoms with van der Waals surface area (Å²) in [6.07, 6.45) is 0.789. The van der Waals surface area contributed by atoms with Gasteiger partial charge >= 0.3 is 17.8 Å². The molecule has 0 spiro atoms. The Bertz CT molecular complexity index is 526. The van der Waals surface area contributed by atoms with Crippen LogP contribution in [0.3, 0.4) is 0 Å². The highest BCUT2D eigenvalue weighted by atomic mass is 16.5. The van der Waals surface area contributed by atoms with Crippen LogP contribution in [-0.4, -0.2) is 31.4 Å². The summed E-state index contributed by atoms with van der Waals surface area (Å²) >= 11 is 0. The number of methoxy groups -OCH3 is 1. The summed E-state index contributed by atoms with van der Waals surface area (Å²) in [4.78, 5) is 35.0. The molecule has 0 atom stereocenters. The lowest BCUT2D eigenvalue weighted by Gasteiger charge is -2.10. The van der Waals surface area contributed by atoms with Crippen LogP contribution >= 0.6 is 0 Å². The molecule has 21 heavy (non-hydrogen) atoms. The zero-order valence-corrected chi connectivity index (χ0v) is 12.4. The number of benzene rings is 1. The number of esters is 1. The number of nitrogens with one attached hydrogen (secondary N) is 2. The Balaban J connectivity index is 2.66. The average Bonchev–Trinajstić information content (AvgIpc) is 2.46. The zero-order chi connectivity index (χ0) is 15.8. The van der Waals surface area contributed by atoms with Crippen LogP contribution in [-0.2, 0) is 14.3 Å². The van der Waals surface area contributed by atoms with Crippen molar-refractivity contribution in [3.63, 3.8) is 0 Å². The van der Waals surface area contributed by atoms with Gasteiger partial charge in [-0.2, -0.15) is 0 Å². The molecule has 0 fully saturated rings. The van der Waals surface area contributed by atoms with Crippen LogP contribution in [0.25, 0.3) is 0 Å². The smallest absolute Gasteiger partial charge is 0.339 e. The van der Waals surface area contributed by atoms with Crippen molar-refractivity contribution >= 4 is 23.5 Å². The Kier molecular flexibility index (Phi) is 6.39. The van der Waals surface area contributed by atoms with Crippen molar-refractivity contribution in [3.8, 4) is 0 Å². The Morgan fingerprint density at radius 3 is 2.43 bits per heavy atom.